The Hall–Kier alpha value is -1.60. The zero-order valence-electron chi connectivity index (χ0n) is 10.9. The normalized spacial score (nSPS) is 21.2. The van der Waals surface area contributed by atoms with Gasteiger partial charge in [0, 0.05) is 13.1 Å². The lowest BCUT2D eigenvalue weighted by atomic mass is 10.2. The lowest BCUT2D eigenvalue weighted by molar-refractivity contribution is -0.126. The summed E-state index contributed by atoms with van der Waals surface area (Å²) in [7, 11) is -3.76. The van der Waals surface area contributed by atoms with Crippen LogP contribution < -0.4 is 11.1 Å². The molecule has 1 aliphatic rings. The lowest BCUT2D eigenvalue weighted by Gasteiger charge is -2.32. The number of nitrogens with two attached hydrogens (primary N) is 1. The Morgan fingerprint density at radius 2 is 2.11 bits per heavy atom. The Labute approximate surface area is 112 Å². The van der Waals surface area contributed by atoms with Gasteiger partial charge in [0.1, 0.15) is 10.9 Å². The highest BCUT2D eigenvalue weighted by Gasteiger charge is 2.37. The molecule has 1 fully saturated rings. The Kier molecular flexibility index (Phi) is 3.51. The van der Waals surface area contributed by atoms with E-state index in [1.165, 1.54) is 4.31 Å². The quantitative estimate of drug-likeness (QED) is 0.752. The van der Waals surface area contributed by atoms with Gasteiger partial charge in [-0.2, -0.15) is 4.31 Å². The van der Waals surface area contributed by atoms with Crippen LogP contribution in [-0.2, 0) is 14.8 Å². The summed E-state index contributed by atoms with van der Waals surface area (Å²) in [5, 5.41) is 2.64. The minimum atomic E-state index is -3.76. The molecule has 3 N–H and O–H groups in total. The van der Waals surface area contributed by atoms with Crippen molar-refractivity contribution in [2.45, 2.75) is 24.8 Å². The molecule has 0 radical (unpaired) electrons. The van der Waals surface area contributed by atoms with E-state index < -0.39 is 16.1 Å². The monoisotopic (exact) mass is 283 g/mol. The molecule has 104 valence electrons. The van der Waals surface area contributed by atoms with E-state index in [-0.39, 0.29) is 23.0 Å². The van der Waals surface area contributed by atoms with Gasteiger partial charge in [-0.1, -0.05) is 12.1 Å². The summed E-state index contributed by atoms with van der Waals surface area (Å²) < 4.78 is 26.5. The van der Waals surface area contributed by atoms with Crippen LogP contribution in [-0.4, -0.2) is 37.8 Å². The molecule has 1 saturated heterocycles. The number of rotatable bonds is 2. The Morgan fingerprint density at radius 1 is 1.42 bits per heavy atom. The number of benzene rings is 1. The van der Waals surface area contributed by atoms with Crippen LogP contribution in [0.2, 0.25) is 0 Å². The molecule has 1 amide bonds. The van der Waals surface area contributed by atoms with Gasteiger partial charge in [0.25, 0.3) is 0 Å². The second-order valence-corrected chi connectivity index (χ2v) is 6.40. The first-order valence-corrected chi connectivity index (χ1v) is 7.44. The predicted octanol–water partition coefficient (Wildman–Crippen LogP) is 0.0862. The second-order valence-electron chi connectivity index (χ2n) is 4.58. The number of nitrogens with zero attached hydrogens (tertiary/aromatic N) is 1. The standard InChI is InChI=1S/C12H17N3O3S/c1-8-4-3-5-10(13)11(8)19(17,18)15-7-6-14-12(16)9(15)2/h3-5,9H,6-7,13H2,1-2H3,(H,14,16). The molecule has 2 rings (SSSR count). The molecule has 0 spiro atoms. The van der Waals surface area contributed by atoms with Crippen molar-refractivity contribution in [2.24, 2.45) is 0 Å². The predicted molar refractivity (Wildman–Crippen MR) is 72.0 cm³/mol. The Morgan fingerprint density at radius 3 is 2.74 bits per heavy atom. The van der Waals surface area contributed by atoms with E-state index in [0.717, 1.165) is 0 Å². The van der Waals surface area contributed by atoms with E-state index in [1.54, 1.807) is 32.0 Å². The van der Waals surface area contributed by atoms with E-state index in [1.807, 2.05) is 0 Å². The fraction of sp³-hybridized carbons (Fsp3) is 0.417. The zero-order chi connectivity index (χ0) is 14.2. The maximum Gasteiger partial charge on any atom is 0.246 e. The van der Waals surface area contributed by atoms with Gasteiger partial charge >= 0.3 is 0 Å². The van der Waals surface area contributed by atoms with Gasteiger partial charge in [-0.05, 0) is 25.5 Å². The van der Waals surface area contributed by atoms with Crippen LogP contribution in [0.15, 0.2) is 23.1 Å². The first-order chi connectivity index (χ1) is 8.85. The van der Waals surface area contributed by atoms with E-state index in [4.69, 9.17) is 5.73 Å². The highest BCUT2D eigenvalue weighted by molar-refractivity contribution is 7.89. The molecule has 0 aromatic heterocycles. The molecule has 1 aromatic carbocycles. The van der Waals surface area contributed by atoms with Crippen molar-refractivity contribution >= 4 is 21.6 Å². The summed E-state index contributed by atoms with van der Waals surface area (Å²) in [5.74, 6) is -0.290. The van der Waals surface area contributed by atoms with Crippen molar-refractivity contribution in [3.05, 3.63) is 23.8 Å². The fourth-order valence-electron chi connectivity index (χ4n) is 2.23. The molecule has 1 atom stereocenters. The number of hydrogen-bond donors (Lipinski definition) is 2. The highest BCUT2D eigenvalue weighted by atomic mass is 32.2. The molecule has 0 bridgehead atoms. The van der Waals surface area contributed by atoms with Gasteiger partial charge in [0.2, 0.25) is 15.9 Å². The molecule has 1 unspecified atom stereocenters. The first kappa shape index (κ1) is 13.8. The first-order valence-electron chi connectivity index (χ1n) is 6.00. The van der Waals surface area contributed by atoms with E-state index in [9.17, 15) is 13.2 Å². The van der Waals surface area contributed by atoms with Crippen molar-refractivity contribution in [1.82, 2.24) is 9.62 Å². The number of aryl methyl sites for hydroxylation is 1. The summed E-state index contributed by atoms with van der Waals surface area (Å²) >= 11 is 0. The number of amides is 1. The third kappa shape index (κ3) is 2.31. The fourth-order valence-corrected chi connectivity index (χ4v) is 4.15. The second kappa shape index (κ2) is 4.82. The number of hydrogen-bond acceptors (Lipinski definition) is 4. The van der Waals surface area contributed by atoms with Crippen LogP contribution in [0.1, 0.15) is 12.5 Å². The van der Waals surface area contributed by atoms with Gasteiger partial charge in [-0.3, -0.25) is 4.79 Å². The van der Waals surface area contributed by atoms with Crippen molar-refractivity contribution in [1.29, 1.82) is 0 Å². The summed E-state index contributed by atoms with van der Waals surface area (Å²) in [6.45, 7) is 3.83. The van der Waals surface area contributed by atoms with Crippen LogP contribution in [0.3, 0.4) is 0 Å². The number of carbonyl (C=O) groups is 1. The average molecular weight is 283 g/mol. The van der Waals surface area contributed by atoms with Crippen molar-refractivity contribution < 1.29 is 13.2 Å². The van der Waals surface area contributed by atoms with Gasteiger partial charge in [0.15, 0.2) is 0 Å². The lowest BCUT2D eigenvalue weighted by Crippen LogP contribution is -2.55. The number of piperazine rings is 1. The number of nitrogen functional groups attached to an aromatic ring is 1. The maximum absolute atomic E-state index is 12.7. The Balaban J connectivity index is 2.51. The van der Waals surface area contributed by atoms with Crippen molar-refractivity contribution in [3.63, 3.8) is 0 Å². The van der Waals surface area contributed by atoms with Crippen LogP contribution in [0, 0.1) is 6.92 Å². The topological polar surface area (TPSA) is 92.5 Å². The summed E-state index contributed by atoms with van der Waals surface area (Å²) in [5.41, 5.74) is 6.58. The minimum Gasteiger partial charge on any atom is -0.398 e. The summed E-state index contributed by atoms with van der Waals surface area (Å²) in [4.78, 5) is 11.7. The Bertz CT molecular complexity index is 592. The third-order valence-electron chi connectivity index (χ3n) is 3.25. The highest BCUT2D eigenvalue weighted by Crippen LogP contribution is 2.27. The molecule has 19 heavy (non-hydrogen) atoms. The molecule has 0 aliphatic carbocycles. The number of anilines is 1. The summed E-state index contributed by atoms with van der Waals surface area (Å²) in [6.07, 6.45) is 0. The van der Waals surface area contributed by atoms with Crippen LogP contribution in [0.5, 0.6) is 0 Å². The van der Waals surface area contributed by atoms with E-state index in [2.05, 4.69) is 5.32 Å². The van der Waals surface area contributed by atoms with Gasteiger partial charge < -0.3 is 11.1 Å². The third-order valence-corrected chi connectivity index (χ3v) is 5.44. The molecular weight excluding hydrogens is 266 g/mol. The van der Waals surface area contributed by atoms with Gasteiger partial charge in [-0.25, -0.2) is 8.42 Å². The number of sulfonamides is 1. The molecule has 0 saturated carbocycles. The van der Waals surface area contributed by atoms with Crippen molar-refractivity contribution in [2.75, 3.05) is 18.8 Å². The largest absolute Gasteiger partial charge is 0.398 e. The van der Waals surface area contributed by atoms with Crippen LogP contribution in [0.4, 0.5) is 5.69 Å². The zero-order valence-corrected chi connectivity index (χ0v) is 11.7. The molecular formula is C12H17N3O3S. The van der Waals surface area contributed by atoms with E-state index >= 15 is 0 Å². The molecule has 6 nitrogen and oxygen atoms in total. The van der Waals surface area contributed by atoms with Gasteiger partial charge in [-0.15, -0.1) is 0 Å². The minimum absolute atomic E-state index is 0.0940. The smallest absolute Gasteiger partial charge is 0.246 e. The van der Waals surface area contributed by atoms with Gasteiger partial charge in [0.05, 0.1) is 5.69 Å². The maximum atomic E-state index is 12.7. The average Bonchev–Trinajstić information content (AvgIpc) is 2.32. The van der Waals surface area contributed by atoms with Crippen LogP contribution in [0.25, 0.3) is 0 Å². The van der Waals surface area contributed by atoms with E-state index in [0.29, 0.717) is 12.1 Å². The number of carbonyl (C=O) groups excluding carboxylic acids is 1. The summed E-state index contributed by atoms with van der Waals surface area (Å²) in [6, 6.07) is 4.22. The molecule has 7 heteroatoms. The SMILES string of the molecule is Cc1cccc(N)c1S(=O)(=O)N1CCNC(=O)C1C. The van der Waals surface area contributed by atoms with Crippen molar-refractivity contribution in [3.8, 4) is 0 Å². The molecule has 1 aromatic rings. The van der Waals surface area contributed by atoms with Crippen LogP contribution >= 0.6 is 0 Å². The number of nitrogens with one attached hydrogen (secondary N) is 1. The molecule has 1 aliphatic heterocycles. The molecule has 1 heterocycles.